The first-order chi connectivity index (χ1) is 11.5. The summed E-state index contributed by atoms with van der Waals surface area (Å²) in [6.45, 7) is 2.72. The molecule has 1 heterocycles. The van der Waals surface area contributed by atoms with Gasteiger partial charge in [-0.05, 0) is 25.0 Å². The maximum absolute atomic E-state index is 12.4. The van der Waals surface area contributed by atoms with Gasteiger partial charge in [0, 0.05) is 46.6 Å². The van der Waals surface area contributed by atoms with E-state index < -0.39 is 11.7 Å². The van der Waals surface area contributed by atoms with Crippen LogP contribution in [0.1, 0.15) is 18.4 Å². The number of guanidine groups is 1. The van der Waals surface area contributed by atoms with Gasteiger partial charge in [-0.15, -0.1) is 24.0 Å². The Morgan fingerprint density at radius 1 is 1.16 bits per heavy atom. The van der Waals surface area contributed by atoms with Gasteiger partial charge in [0.25, 0.3) is 0 Å². The van der Waals surface area contributed by atoms with E-state index in [9.17, 15) is 13.2 Å². The number of methoxy groups -OCH3 is 1. The van der Waals surface area contributed by atoms with Crippen molar-refractivity contribution in [1.29, 1.82) is 0 Å². The number of aromatic nitrogens is 1. The summed E-state index contributed by atoms with van der Waals surface area (Å²) in [5.41, 5.74) is -0.752. The smallest absolute Gasteiger partial charge is 0.385 e. The van der Waals surface area contributed by atoms with Gasteiger partial charge >= 0.3 is 6.18 Å². The predicted octanol–water partition coefficient (Wildman–Crippen LogP) is 2.72. The van der Waals surface area contributed by atoms with Crippen LogP contribution >= 0.6 is 24.0 Å². The molecule has 0 radical (unpaired) electrons. The van der Waals surface area contributed by atoms with Crippen LogP contribution in [-0.4, -0.2) is 51.3 Å². The summed E-state index contributed by atoms with van der Waals surface area (Å²) in [5, 5.41) is 9.28. The molecule has 0 spiro atoms. The minimum Gasteiger partial charge on any atom is -0.385 e. The third-order valence-electron chi connectivity index (χ3n) is 3.08. The minimum atomic E-state index is -4.36. The maximum atomic E-state index is 12.4. The third kappa shape index (κ3) is 10.3. The molecule has 1 aromatic rings. The molecule has 0 unspecified atom stereocenters. The molecule has 0 bridgehead atoms. The van der Waals surface area contributed by atoms with Gasteiger partial charge in [-0.3, -0.25) is 4.99 Å². The Balaban J connectivity index is 0.00000576. The van der Waals surface area contributed by atoms with Gasteiger partial charge in [-0.2, -0.15) is 13.2 Å². The predicted molar refractivity (Wildman–Crippen MR) is 104 cm³/mol. The number of pyridine rings is 1. The van der Waals surface area contributed by atoms with E-state index in [-0.39, 0.29) is 24.0 Å². The van der Waals surface area contributed by atoms with Crippen LogP contribution in [0, 0.1) is 0 Å². The van der Waals surface area contributed by atoms with Crippen LogP contribution in [-0.2, 0) is 10.9 Å². The van der Waals surface area contributed by atoms with Crippen molar-refractivity contribution in [2.75, 3.05) is 45.7 Å². The van der Waals surface area contributed by atoms with Gasteiger partial charge < -0.3 is 20.7 Å². The fourth-order valence-electron chi connectivity index (χ4n) is 1.82. The number of nitrogens with one attached hydrogen (secondary N) is 3. The van der Waals surface area contributed by atoms with Crippen molar-refractivity contribution in [2.24, 2.45) is 4.99 Å². The molecule has 0 aliphatic carbocycles. The monoisotopic (exact) mass is 475 g/mol. The van der Waals surface area contributed by atoms with Crippen molar-refractivity contribution in [3.8, 4) is 0 Å². The first-order valence-corrected chi connectivity index (χ1v) is 7.68. The van der Waals surface area contributed by atoms with Crippen molar-refractivity contribution >= 4 is 35.8 Å². The molecule has 0 aromatic carbocycles. The summed E-state index contributed by atoms with van der Waals surface area (Å²) < 4.78 is 42.2. The summed E-state index contributed by atoms with van der Waals surface area (Å²) in [7, 11) is 3.35. The molecular formula is C15H25F3IN5O. The summed E-state index contributed by atoms with van der Waals surface area (Å²) in [4.78, 5) is 7.84. The average molecular weight is 475 g/mol. The normalized spacial score (nSPS) is 11.6. The lowest BCUT2D eigenvalue weighted by Crippen LogP contribution is -2.38. The van der Waals surface area contributed by atoms with Crippen LogP contribution in [0.15, 0.2) is 23.3 Å². The Morgan fingerprint density at radius 3 is 2.36 bits per heavy atom. The largest absolute Gasteiger partial charge is 0.417 e. The van der Waals surface area contributed by atoms with Gasteiger partial charge in [0.15, 0.2) is 5.96 Å². The van der Waals surface area contributed by atoms with Crippen molar-refractivity contribution in [3.63, 3.8) is 0 Å². The summed E-state index contributed by atoms with van der Waals surface area (Å²) >= 11 is 0. The molecule has 6 nitrogen and oxygen atoms in total. The Kier molecular flexibility index (Phi) is 12.3. The molecule has 1 aromatic heterocycles. The lowest BCUT2D eigenvalue weighted by atomic mass is 10.3. The number of anilines is 1. The number of halogens is 4. The highest BCUT2D eigenvalue weighted by Gasteiger charge is 2.30. The zero-order valence-corrected chi connectivity index (χ0v) is 16.6. The van der Waals surface area contributed by atoms with Gasteiger partial charge in [0.1, 0.15) is 5.82 Å². The van der Waals surface area contributed by atoms with Crippen molar-refractivity contribution in [1.82, 2.24) is 15.6 Å². The van der Waals surface area contributed by atoms with Crippen LogP contribution < -0.4 is 16.0 Å². The second kappa shape index (κ2) is 13.0. The molecule has 0 aliphatic heterocycles. The van der Waals surface area contributed by atoms with Crippen LogP contribution in [0.3, 0.4) is 0 Å². The number of rotatable bonds is 9. The fraction of sp³-hybridized carbons (Fsp3) is 0.600. The summed E-state index contributed by atoms with van der Waals surface area (Å²) in [6.07, 6.45) is -1.88. The molecular weight excluding hydrogens is 450 g/mol. The van der Waals surface area contributed by atoms with E-state index in [2.05, 4.69) is 25.9 Å². The highest BCUT2D eigenvalue weighted by Crippen LogP contribution is 2.28. The molecule has 25 heavy (non-hydrogen) atoms. The van der Waals surface area contributed by atoms with E-state index in [1.807, 2.05) is 0 Å². The first kappa shape index (κ1) is 23.7. The Labute approximate surface area is 163 Å². The van der Waals surface area contributed by atoms with Crippen molar-refractivity contribution in [3.05, 3.63) is 23.9 Å². The third-order valence-corrected chi connectivity index (χ3v) is 3.08. The molecule has 1 rings (SSSR count). The molecule has 0 amide bonds. The Bertz CT molecular complexity index is 497. The van der Waals surface area contributed by atoms with Crippen LogP contribution in [0.25, 0.3) is 0 Å². The van der Waals surface area contributed by atoms with Gasteiger partial charge in [-0.25, -0.2) is 4.98 Å². The van der Waals surface area contributed by atoms with Gasteiger partial charge in [-0.1, -0.05) is 0 Å². The summed E-state index contributed by atoms with van der Waals surface area (Å²) in [5.74, 6) is 1.13. The molecule has 144 valence electrons. The Morgan fingerprint density at radius 2 is 1.84 bits per heavy atom. The lowest BCUT2D eigenvalue weighted by Gasteiger charge is -2.12. The second-order valence-corrected chi connectivity index (χ2v) is 4.98. The number of ether oxygens (including phenoxy) is 1. The van der Waals surface area contributed by atoms with Crippen LogP contribution in [0.2, 0.25) is 0 Å². The lowest BCUT2D eigenvalue weighted by molar-refractivity contribution is -0.137. The molecule has 3 N–H and O–H groups in total. The number of hydrogen-bond acceptors (Lipinski definition) is 4. The quantitative estimate of drug-likeness (QED) is 0.222. The maximum Gasteiger partial charge on any atom is 0.417 e. The fourth-order valence-corrected chi connectivity index (χ4v) is 1.82. The van der Waals surface area contributed by atoms with E-state index in [4.69, 9.17) is 4.74 Å². The summed E-state index contributed by atoms with van der Waals surface area (Å²) in [6, 6.07) is 2.34. The standard InChI is InChI=1S/C15H24F3N5O.HI/c1-19-14(22-9-4-10-24-2)21-8-3-7-20-13-6-5-12(11-23-13)15(16,17)18;/h5-6,11H,3-4,7-10H2,1-2H3,(H,20,23)(H2,19,21,22);1H. The molecule has 0 aliphatic rings. The van der Waals surface area contributed by atoms with E-state index in [0.717, 1.165) is 31.6 Å². The average Bonchev–Trinajstić information content (AvgIpc) is 2.56. The zero-order valence-electron chi connectivity index (χ0n) is 14.3. The number of aliphatic imine (C=N–C) groups is 1. The van der Waals surface area contributed by atoms with Crippen LogP contribution in [0.5, 0.6) is 0 Å². The molecule has 10 heteroatoms. The highest BCUT2D eigenvalue weighted by molar-refractivity contribution is 14.0. The topological polar surface area (TPSA) is 70.6 Å². The van der Waals surface area contributed by atoms with Crippen molar-refractivity contribution < 1.29 is 17.9 Å². The minimum absolute atomic E-state index is 0. The highest BCUT2D eigenvalue weighted by atomic mass is 127. The van der Waals surface area contributed by atoms with E-state index >= 15 is 0 Å². The number of alkyl halides is 3. The molecule has 0 atom stereocenters. The number of hydrogen-bond donors (Lipinski definition) is 3. The van der Waals surface area contributed by atoms with E-state index in [0.29, 0.717) is 31.5 Å². The van der Waals surface area contributed by atoms with Gasteiger partial charge in [0.05, 0.1) is 5.56 Å². The first-order valence-electron chi connectivity index (χ1n) is 7.68. The SMILES string of the molecule is CN=C(NCCCNc1ccc(C(F)(F)F)cn1)NCCCOC.I. The van der Waals surface area contributed by atoms with Gasteiger partial charge in [0.2, 0.25) is 0 Å². The van der Waals surface area contributed by atoms with E-state index in [1.54, 1.807) is 14.2 Å². The van der Waals surface area contributed by atoms with Crippen LogP contribution in [0.4, 0.5) is 19.0 Å². The molecule has 0 saturated carbocycles. The van der Waals surface area contributed by atoms with Crippen molar-refractivity contribution in [2.45, 2.75) is 19.0 Å². The second-order valence-electron chi connectivity index (χ2n) is 4.98. The van der Waals surface area contributed by atoms with E-state index in [1.165, 1.54) is 6.07 Å². The zero-order chi connectivity index (χ0) is 17.8. The Hall–Kier alpha value is -1.30. The molecule has 0 fully saturated rings. The molecule has 0 saturated heterocycles. The number of nitrogens with zero attached hydrogens (tertiary/aromatic N) is 2.